The summed E-state index contributed by atoms with van der Waals surface area (Å²) in [5, 5.41) is 12.6. The monoisotopic (exact) mass is 466 g/mol. The van der Waals surface area contributed by atoms with Gasteiger partial charge in [0, 0.05) is 36.8 Å². The fraction of sp³-hybridized carbons (Fsp3) is 0.579. The van der Waals surface area contributed by atoms with Crippen molar-refractivity contribution in [2.24, 2.45) is 0 Å². The van der Waals surface area contributed by atoms with E-state index < -0.39 is 5.60 Å². The summed E-state index contributed by atoms with van der Waals surface area (Å²) in [6, 6.07) is 1.69. The number of likely N-dealkylation sites (N-methyl/N-ethyl adjacent to an activating group) is 1. The molecule has 1 fully saturated rings. The summed E-state index contributed by atoms with van der Waals surface area (Å²) in [6.07, 6.45) is 1.34. The van der Waals surface area contributed by atoms with Gasteiger partial charge in [-0.15, -0.1) is 0 Å². The first-order valence-electron chi connectivity index (χ1n) is 9.49. The van der Waals surface area contributed by atoms with Gasteiger partial charge in [-0.1, -0.05) is 0 Å². The van der Waals surface area contributed by atoms with Crippen molar-refractivity contribution in [3.05, 3.63) is 16.7 Å². The molecule has 1 aliphatic rings. The van der Waals surface area contributed by atoms with Crippen molar-refractivity contribution in [1.29, 1.82) is 0 Å². The largest absolute Gasteiger partial charge is 0.444 e. The average molecular weight is 467 g/mol. The zero-order chi connectivity index (χ0) is 21.3. The van der Waals surface area contributed by atoms with E-state index in [9.17, 15) is 9.90 Å². The fourth-order valence-electron chi connectivity index (χ4n) is 2.87. The maximum Gasteiger partial charge on any atom is 0.410 e. The second-order valence-corrected chi connectivity index (χ2v) is 9.19. The number of amides is 1. The number of fused-ring (bicyclic) bond motifs is 1. The van der Waals surface area contributed by atoms with Crippen LogP contribution in [0.15, 0.2) is 16.7 Å². The molecule has 2 aromatic heterocycles. The molecule has 0 radical (unpaired) electrons. The van der Waals surface area contributed by atoms with Gasteiger partial charge < -0.3 is 25.0 Å². The third-order valence-corrected chi connectivity index (χ3v) is 4.95. The first kappa shape index (κ1) is 21.5. The zero-order valence-corrected chi connectivity index (χ0v) is 18.9. The van der Waals surface area contributed by atoms with Crippen LogP contribution in [0.4, 0.5) is 16.4 Å². The van der Waals surface area contributed by atoms with Crippen molar-refractivity contribution in [2.75, 3.05) is 37.0 Å². The third kappa shape index (κ3) is 5.05. The van der Waals surface area contributed by atoms with E-state index in [4.69, 9.17) is 4.74 Å². The molecule has 158 valence electrons. The molecule has 2 aromatic rings. The lowest BCUT2D eigenvalue weighted by Gasteiger charge is -2.44. The van der Waals surface area contributed by atoms with Crippen LogP contribution in [0.25, 0.3) is 11.2 Å². The van der Waals surface area contributed by atoms with Crippen LogP contribution in [-0.4, -0.2) is 75.5 Å². The highest BCUT2D eigenvalue weighted by molar-refractivity contribution is 9.10. The minimum Gasteiger partial charge on any atom is -0.444 e. The van der Waals surface area contributed by atoms with Gasteiger partial charge in [-0.25, -0.2) is 19.7 Å². The molecule has 1 atom stereocenters. The lowest BCUT2D eigenvalue weighted by Crippen LogP contribution is -2.60. The number of rotatable bonds is 5. The van der Waals surface area contributed by atoms with Gasteiger partial charge in [0.15, 0.2) is 17.3 Å². The number of hydrogen-bond donors (Lipinski definition) is 2. The Kier molecular flexibility index (Phi) is 6.13. The van der Waals surface area contributed by atoms with E-state index in [2.05, 4.69) is 36.2 Å². The molecule has 1 amide bonds. The third-order valence-electron chi connectivity index (χ3n) is 4.52. The van der Waals surface area contributed by atoms with Crippen LogP contribution >= 0.6 is 15.9 Å². The predicted molar refractivity (Wildman–Crippen MR) is 115 cm³/mol. The van der Waals surface area contributed by atoms with Crippen molar-refractivity contribution in [2.45, 2.75) is 45.4 Å². The Morgan fingerprint density at radius 1 is 1.45 bits per heavy atom. The second kappa shape index (κ2) is 8.27. The Labute approximate surface area is 178 Å². The molecule has 3 rings (SSSR count). The molecule has 0 aromatic carbocycles. The van der Waals surface area contributed by atoms with Crippen molar-refractivity contribution in [3.63, 3.8) is 0 Å². The highest BCUT2D eigenvalue weighted by Crippen LogP contribution is 2.30. The van der Waals surface area contributed by atoms with Gasteiger partial charge in [0.05, 0.1) is 12.6 Å². The van der Waals surface area contributed by atoms with E-state index in [-0.39, 0.29) is 24.8 Å². The van der Waals surface area contributed by atoms with Crippen LogP contribution in [0.5, 0.6) is 0 Å². The van der Waals surface area contributed by atoms with Gasteiger partial charge in [0.25, 0.3) is 0 Å². The van der Waals surface area contributed by atoms with Crippen LogP contribution in [0.1, 0.15) is 27.7 Å². The first-order chi connectivity index (χ1) is 13.6. The quantitative estimate of drug-likeness (QED) is 0.692. The summed E-state index contributed by atoms with van der Waals surface area (Å²) in [7, 11) is 1.74. The molecular weight excluding hydrogens is 440 g/mol. The average Bonchev–Trinajstić information content (AvgIpc) is 2.59. The predicted octanol–water partition coefficient (Wildman–Crippen LogP) is 2.64. The fourth-order valence-corrected chi connectivity index (χ4v) is 3.19. The van der Waals surface area contributed by atoms with E-state index in [1.807, 2.05) is 38.7 Å². The molecule has 3 heterocycles. The van der Waals surface area contributed by atoms with Crippen molar-refractivity contribution in [1.82, 2.24) is 19.9 Å². The van der Waals surface area contributed by atoms with E-state index >= 15 is 0 Å². The molecule has 0 unspecified atom stereocenters. The van der Waals surface area contributed by atoms with E-state index in [0.717, 1.165) is 4.47 Å². The topological polar surface area (TPSA) is 104 Å². The minimum absolute atomic E-state index is 0.0170. The van der Waals surface area contributed by atoms with Crippen LogP contribution in [-0.2, 0) is 4.74 Å². The Bertz CT molecular complexity index is 897. The molecule has 10 heteroatoms. The van der Waals surface area contributed by atoms with Crippen molar-refractivity contribution in [3.8, 4) is 0 Å². The number of nitrogens with one attached hydrogen (secondary N) is 1. The summed E-state index contributed by atoms with van der Waals surface area (Å²) in [6.45, 7) is 8.60. The Balaban J connectivity index is 1.80. The Morgan fingerprint density at radius 3 is 2.76 bits per heavy atom. The van der Waals surface area contributed by atoms with E-state index in [0.29, 0.717) is 35.9 Å². The number of aliphatic hydroxyl groups excluding tert-OH is 1. The molecule has 2 N–H and O–H groups in total. The number of aliphatic hydroxyl groups is 1. The van der Waals surface area contributed by atoms with Crippen LogP contribution in [0.3, 0.4) is 0 Å². The van der Waals surface area contributed by atoms with E-state index in [1.54, 1.807) is 18.1 Å². The normalized spacial score (nSPS) is 15.8. The maximum absolute atomic E-state index is 12.3. The summed E-state index contributed by atoms with van der Waals surface area (Å²) in [5.74, 6) is 1.23. The summed E-state index contributed by atoms with van der Waals surface area (Å²) in [5.41, 5.74) is 0.656. The molecule has 9 nitrogen and oxygen atoms in total. The Morgan fingerprint density at radius 2 is 2.14 bits per heavy atom. The summed E-state index contributed by atoms with van der Waals surface area (Å²) >= 11 is 3.40. The SMILES string of the molecule is C[C@H](CO)Nc1nc2cc(Br)cnc2nc1N1CC(N(C)C(=O)OC(C)(C)C)C1. The lowest BCUT2D eigenvalue weighted by atomic mass is 10.1. The Hall–Kier alpha value is -2.20. The number of carbonyl (C=O) groups is 1. The molecule has 29 heavy (non-hydrogen) atoms. The first-order valence-corrected chi connectivity index (χ1v) is 10.3. The zero-order valence-electron chi connectivity index (χ0n) is 17.3. The molecular formula is C19H27BrN6O3. The highest BCUT2D eigenvalue weighted by atomic mass is 79.9. The minimum atomic E-state index is -0.532. The number of carbonyl (C=O) groups excluding carboxylic acids is 1. The maximum atomic E-state index is 12.3. The summed E-state index contributed by atoms with van der Waals surface area (Å²) in [4.78, 5) is 29.6. The number of nitrogens with zero attached hydrogens (tertiary/aromatic N) is 5. The second-order valence-electron chi connectivity index (χ2n) is 8.27. The number of hydrogen-bond acceptors (Lipinski definition) is 8. The van der Waals surface area contributed by atoms with Crippen LogP contribution in [0, 0.1) is 0 Å². The van der Waals surface area contributed by atoms with Crippen molar-refractivity contribution < 1.29 is 14.6 Å². The number of anilines is 2. The van der Waals surface area contributed by atoms with E-state index in [1.165, 1.54) is 0 Å². The number of halogens is 1. The lowest BCUT2D eigenvalue weighted by molar-refractivity contribution is 0.0196. The number of pyridine rings is 1. The van der Waals surface area contributed by atoms with Gasteiger partial charge in [-0.2, -0.15) is 0 Å². The van der Waals surface area contributed by atoms with Gasteiger partial charge in [-0.3, -0.25) is 0 Å². The molecule has 0 aliphatic carbocycles. The number of aromatic nitrogens is 3. The van der Waals surface area contributed by atoms with Gasteiger partial charge in [-0.05, 0) is 49.7 Å². The molecule has 1 aliphatic heterocycles. The highest BCUT2D eigenvalue weighted by Gasteiger charge is 2.36. The van der Waals surface area contributed by atoms with Crippen molar-refractivity contribution >= 4 is 44.8 Å². The molecule has 0 bridgehead atoms. The van der Waals surface area contributed by atoms with Crippen LogP contribution < -0.4 is 10.2 Å². The van der Waals surface area contributed by atoms with Gasteiger partial charge in [0.1, 0.15) is 11.1 Å². The molecule has 0 spiro atoms. The molecule has 1 saturated heterocycles. The summed E-state index contributed by atoms with van der Waals surface area (Å²) < 4.78 is 6.26. The van der Waals surface area contributed by atoms with Crippen LogP contribution in [0.2, 0.25) is 0 Å². The van der Waals surface area contributed by atoms with Gasteiger partial charge in [0.2, 0.25) is 0 Å². The smallest absolute Gasteiger partial charge is 0.410 e. The standard InChI is InChI=1S/C19H27BrN6O3/c1-11(10-27)22-16-17(24-15-14(23-16)6-12(20)7-21-15)26-8-13(9-26)25(5)18(28)29-19(2,3)4/h6-7,11,13,27H,8-10H2,1-5H3,(H,22,23)/t11-/m1/s1. The number of ether oxygens (including phenoxy) is 1. The molecule has 0 saturated carbocycles. The van der Waals surface area contributed by atoms with Gasteiger partial charge >= 0.3 is 6.09 Å².